The second-order valence-corrected chi connectivity index (χ2v) is 6.22. The predicted octanol–water partition coefficient (Wildman–Crippen LogP) is 1.21. The maximum absolute atomic E-state index is 13.4. The van der Waals surface area contributed by atoms with Gasteiger partial charge in [-0.3, -0.25) is 9.59 Å². The molecule has 2 aromatic rings. The molecule has 0 saturated carbocycles. The molecule has 2 rings (SSSR count). The van der Waals surface area contributed by atoms with Gasteiger partial charge in [-0.05, 0) is 42.2 Å². The third kappa shape index (κ3) is 6.89. The van der Waals surface area contributed by atoms with E-state index in [9.17, 15) is 14.0 Å². The minimum atomic E-state index is -0.659. The first-order valence-electron chi connectivity index (χ1n) is 9.03. The van der Waals surface area contributed by atoms with E-state index < -0.39 is 17.9 Å². The second kappa shape index (κ2) is 10.8. The zero-order chi connectivity index (χ0) is 21.2. The van der Waals surface area contributed by atoms with E-state index in [1.54, 1.807) is 13.0 Å². The van der Waals surface area contributed by atoms with E-state index in [0.29, 0.717) is 6.42 Å². The number of carbonyl (C=O) groups excluding carboxylic acids is 2. The van der Waals surface area contributed by atoms with Gasteiger partial charge in [-0.15, -0.1) is 5.10 Å². The van der Waals surface area contributed by atoms with Gasteiger partial charge < -0.3 is 15.8 Å². The zero-order valence-electron chi connectivity index (χ0n) is 16.0. The Balaban J connectivity index is 2.13. The fourth-order valence-corrected chi connectivity index (χ4v) is 2.76. The molecule has 8 nitrogen and oxygen atoms in total. The molecule has 0 aromatic heterocycles. The second-order valence-electron chi connectivity index (χ2n) is 6.22. The van der Waals surface area contributed by atoms with Gasteiger partial charge in [0.1, 0.15) is 5.82 Å². The molecule has 0 fully saturated rings. The molecular formula is C20H24FN5O3. The first kappa shape index (κ1) is 21.8. The van der Waals surface area contributed by atoms with Crippen molar-refractivity contribution in [2.75, 3.05) is 6.61 Å². The lowest BCUT2D eigenvalue weighted by molar-refractivity contribution is -0.143. The van der Waals surface area contributed by atoms with Gasteiger partial charge in [-0.25, -0.2) is 15.8 Å². The molecule has 154 valence electrons. The van der Waals surface area contributed by atoms with Crippen LogP contribution < -0.4 is 22.4 Å². The number of hydrogen-bond donors (Lipinski definition) is 4. The minimum absolute atomic E-state index is 0.0332. The summed E-state index contributed by atoms with van der Waals surface area (Å²) in [5, 5.41) is 6.07. The Bertz CT molecular complexity index is 871. The summed E-state index contributed by atoms with van der Waals surface area (Å²) in [6, 6.07) is 13.1. The summed E-state index contributed by atoms with van der Waals surface area (Å²) in [6.45, 7) is 1.94. The molecule has 6 N–H and O–H groups in total. The molecule has 1 amide bonds. The molecule has 0 radical (unpaired) electrons. The number of nitrogens with zero attached hydrogens (tertiary/aromatic N) is 1. The van der Waals surface area contributed by atoms with E-state index in [0.717, 1.165) is 16.7 Å². The summed E-state index contributed by atoms with van der Waals surface area (Å²) in [5.74, 6) is 3.25. The maximum atomic E-state index is 13.4. The summed E-state index contributed by atoms with van der Waals surface area (Å²) < 4.78 is 18.4. The number of hydrazine groups is 1. The van der Waals surface area contributed by atoms with Crippen LogP contribution in [0.5, 0.6) is 0 Å². The topological polar surface area (TPSA) is 132 Å². The Morgan fingerprint density at radius 2 is 1.90 bits per heavy atom. The molecule has 2 aromatic carbocycles. The van der Waals surface area contributed by atoms with Crippen molar-refractivity contribution < 1.29 is 18.7 Å². The SMILES string of the molecule is CCOC(=O)C[C@@H](Cc1ccc(-c2cccc(F)c2)cc1)NC(=O)/C(N)=N/NN. The summed E-state index contributed by atoms with van der Waals surface area (Å²) in [7, 11) is 0. The average molecular weight is 401 g/mol. The number of nitrogens with one attached hydrogen (secondary N) is 2. The lowest BCUT2D eigenvalue weighted by atomic mass is 9.99. The van der Waals surface area contributed by atoms with Crippen LogP contribution in [-0.2, 0) is 20.7 Å². The van der Waals surface area contributed by atoms with Gasteiger partial charge in [0.15, 0.2) is 0 Å². The first-order chi connectivity index (χ1) is 13.9. The van der Waals surface area contributed by atoms with Gasteiger partial charge in [0, 0.05) is 6.04 Å². The van der Waals surface area contributed by atoms with E-state index in [1.807, 2.05) is 35.9 Å². The summed E-state index contributed by atoms with van der Waals surface area (Å²) >= 11 is 0. The van der Waals surface area contributed by atoms with Crippen LogP contribution in [0.4, 0.5) is 4.39 Å². The van der Waals surface area contributed by atoms with Crippen molar-refractivity contribution in [3.05, 3.63) is 59.9 Å². The number of hydrogen-bond acceptors (Lipinski definition) is 6. The van der Waals surface area contributed by atoms with Crippen LogP contribution in [0.1, 0.15) is 18.9 Å². The molecule has 0 aliphatic heterocycles. The minimum Gasteiger partial charge on any atom is -0.466 e. The number of carbonyl (C=O) groups is 2. The largest absolute Gasteiger partial charge is 0.466 e. The van der Waals surface area contributed by atoms with Crippen molar-refractivity contribution in [1.29, 1.82) is 0 Å². The molecule has 0 spiro atoms. The van der Waals surface area contributed by atoms with Crippen molar-refractivity contribution in [3.63, 3.8) is 0 Å². The summed E-state index contributed by atoms with van der Waals surface area (Å²) in [5.41, 5.74) is 9.92. The highest BCUT2D eigenvalue weighted by Crippen LogP contribution is 2.21. The molecule has 1 atom stereocenters. The number of ether oxygens (including phenoxy) is 1. The van der Waals surface area contributed by atoms with Crippen LogP contribution in [0.15, 0.2) is 53.6 Å². The number of halogens is 1. The van der Waals surface area contributed by atoms with E-state index in [2.05, 4.69) is 10.4 Å². The van der Waals surface area contributed by atoms with E-state index in [4.69, 9.17) is 16.3 Å². The van der Waals surface area contributed by atoms with Gasteiger partial charge in [0.05, 0.1) is 13.0 Å². The Morgan fingerprint density at radius 1 is 1.17 bits per heavy atom. The number of amides is 1. The Morgan fingerprint density at radius 3 is 2.52 bits per heavy atom. The predicted molar refractivity (Wildman–Crippen MR) is 108 cm³/mol. The number of amidine groups is 1. The summed E-state index contributed by atoms with van der Waals surface area (Å²) in [4.78, 5) is 24.0. The molecular weight excluding hydrogens is 377 g/mol. The maximum Gasteiger partial charge on any atom is 0.307 e. The number of hydrazone groups is 1. The third-order valence-electron chi connectivity index (χ3n) is 4.07. The van der Waals surface area contributed by atoms with Gasteiger partial charge in [0.25, 0.3) is 5.91 Å². The molecule has 0 heterocycles. The summed E-state index contributed by atoms with van der Waals surface area (Å²) in [6.07, 6.45) is 0.325. The average Bonchev–Trinajstić information content (AvgIpc) is 2.68. The number of esters is 1. The van der Waals surface area contributed by atoms with Gasteiger partial charge >= 0.3 is 5.97 Å². The van der Waals surface area contributed by atoms with Crippen molar-refractivity contribution >= 4 is 17.7 Å². The highest BCUT2D eigenvalue weighted by Gasteiger charge is 2.20. The third-order valence-corrected chi connectivity index (χ3v) is 4.07. The Hall–Kier alpha value is -3.46. The molecule has 0 unspecified atom stereocenters. The lowest BCUT2D eigenvalue weighted by Crippen LogP contribution is -2.45. The highest BCUT2D eigenvalue weighted by molar-refractivity contribution is 6.37. The molecule has 9 heteroatoms. The van der Waals surface area contributed by atoms with Crippen LogP contribution in [0.25, 0.3) is 11.1 Å². The molecule has 0 aliphatic rings. The van der Waals surface area contributed by atoms with E-state index in [-0.39, 0.29) is 24.7 Å². The number of nitrogens with two attached hydrogens (primary N) is 2. The van der Waals surface area contributed by atoms with Crippen LogP contribution in [0, 0.1) is 5.82 Å². The molecule has 0 aliphatic carbocycles. The Labute approximate surface area is 168 Å². The fraction of sp³-hybridized carbons (Fsp3) is 0.250. The lowest BCUT2D eigenvalue weighted by Gasteiger charge is -2.18. The smallest absolute Gasteiger partial charge is 0.307 e. The van der Waals surface area contributed by atoms with Crippen molar-refractivity contribution in [1.82, 2.24) is 10.9 Å². The highest BCUT2D eigenvalue weighted by atomic mass is 19.1. The molecule has 0 bridgehead atoms. The number of benzene rings is 2. The van der Waals surface area contributed by atoms with Crippen LogP contribution in [-0.4, -0.2) is 30.4 Å². The Kier molecular flexibility index (Phi) is 8.11. The van der Waals surface area contributed by atoms with Crippen LogP contribution in [0.3, 0.4) is 0 Å². The van der Waals surface area contributed by atoms with Crippen molar-refractivity contribution in [2.45, 2.75) is 25.8 Å². The number of rotatable bonds is 8. The molecule has 0 saturated heterocycles. The van der Waals surface area contributed by atoms with Gasteiger partial charge in [-0.2, -0.15) is 0 Å². The fourth-order valence-electron chi connectivity index (χ4n) is 2.76. The van der Waals surface area contributed by atoms with Crippen molar-refractivity contribution in [2.24, 2.45) is 16.7 Å². The standard InChI is InChI=1S/C20H24FN5O3/c1-2-29-18(27)12-17(24-20(28)19(22)25-26-23)10-13-6-8-14(9-7-13)15-4-3-5-16(21)11-15/h3-9,11,17,26H,2,10,12,23H2,1H3,(H2,22,25)(H,24,28)/t17-/m1/s1. The van der Waals surface area contributed by atoms with Gasteiger partial charge in [0.2, 0.25) is 5.84 Å². The van der Waals surface area contributed by atoms with Crippen LogP contribution >= 0.6 is 0 Å². The monoisotopic (exact) mass is 401 g/mol. The van der Waals surface area contributed by atoms with Crippen molar-refractivity contribution in [3.8, 4) is 11.1 Å². The quantitative estimate of drug-likeness (QED) is 0.173. The normalized spacial score (nSPS) is 12.2. The molecule has 29 heavy (non-hydrogen) atoms. The first-order valence-corrected chi connectivity index (χ1v) is 9.03. The zero-order valence-corrected chi connectivity index (χ0v) is 16.0. The van der Waals surface area contributed by atoms with Gasteiger partial charge in [-0.1, -0.05) is 36.4 Å². The van der Waals surface area contributed by atoms with Crippen LogP contribution in [0.2, 0.25) is 0 Å². The van der Waals surface area contributed by atoms with E-state index in [1.165, 1.54) is 12.1 Å². The van der Waals surface area contributed by atoms with E-state index >= 15 is 0 Å².